The van der Waals surface area contributed by atoms with Gasteiger partial charge in [0.1, 0.15) is 5.02 Å². The zero-order valence-electron chi connectivity index (χ0n) is 9.16. The molecular formula is C12H5Cl4NO2. The second kappa shape index (κ2) is 5.55. The van der Waals surface area contributed by atoms with Gasteiger partial charge in [0.2, 0.25) is 0 Å². The molecule has 0 aliphatic carbocycles. The molecule has 3 nitrogen and oxygen atoms in total. The first kappa shape index (κ1) is 14.4. The fraction of sp³-hybridized carbons (Fsp3) is 0. The van der Waals surface area contributed by atoms with Crippen LogP contribution >= 0.6 is 46.4 Å². The first-order chi connectivity index (χ1) is 8.90. The Hall–Kier alpha value is -1.000. The van der Waals surface area contributed by atoms with Gasteiger partial charge in [0, 0.05) is 6.07 Å². The minimum absolute atomic E-state index is 0.0460. The Kier molecular flexibility index (Phi) is 4.21. The molecule has 2 rings (SSSR count). The van der Waals surface area contributed by atoms with Crippen LogP contribution in [0.25, 0.3) is 11.1 Å². The third kappa shape index (κ3) is 2.95. The molecule has 0 amide bonds. The molecule has 7 heteroatoms. The maximum absolute atomic E-state index is 10.7. The van der Waals surface area contributed by atoms with Gasteiger partial charge < -0.3 is 0 Å². The van der Waals surface area contributed by atoms with Crippen molar-refractivity contribution in [2.75, 3.05) is 0 Å². The van der Waals surface area contributed by atoms with Crippen molar-refractivity contribution in [3.05, 3.63) is 60.5 Å². The molecule has 0 heterocycles. The molecule has 2 aromatic carbocycles. The largest absolute Gasteiger partial charge is 0.287 e. The summed E-state index contributed by atoms with van der Waals surface area (Å²) in [6.07, 6.45) is 0. The van der Waals surface area contributed by atoms with E-state index in [9.17, 15) is 10.1 Å². The van der Waals surface area contributed by atoms with Gasteiger partial charge in [0.05, 0.1) is 20.0 Å². The summed E-state index contributed by atoms with van der Waals surface area (Å²) in [6.45, 7) is 0. The SMILES string of the molecule is O=[N+]([O-])c1ccc(-c2cc(Cl)c(Cl)c(Cl)c2)cc1Cl. The quantitative estimate of drug-likeness (QED) is 0.390. The number of benzene rings is 2. The van der Waals surface area contributed by atoms with Crippen LogP contribution in [-0.4, -0.2) is 4.92 Å². The Morgan fingerprint density at radius 3 is 1.84 bits per heavy atom. The van der Waals surface area contributed by atoms with Crippen molar-refractivity contribution in [3.8, 4) is 11.1 Å². The predicted molar refractivity (Wildman–Crippen MR) is 78.6 cm³/mol. The van der Waals surface area contributed by atoms with Gasteiger partial charge in [-0.1, -0.05) is 46.4 Å². The Balaban J connectivity index is 2.54. The lowest BCUT2D eigenvalue weighted by Gasteiger charge is -2.06. The van der Waals surface area contributed by atoms with Crippen LogP contribution in [0.3, 0.4) is 0 Å². The molecule has 0 unspecified atom stereocenters. The smallest absolute Gasteiger partial charge is 0.258 e. The normalized spacial score (nSPS) is 10.5. The molecule has 0 spiro atoms. The van der Waals surface area contributed by atoms with E-state index in [1.54, 1.807) is 18.2 Å². The molecule has 98 valence electrons. The van der Waals surface area contributed by atoms with Crippen LogP contribution in [0.1, 0.15) is 0 Å². The number of nitro groups is 1. The lowest BCUT2D eigenvalue weighted by Crippen LogP contribution is -1.89. The summed E-state index contributed by atoms with van der Waals surface area (Å²) in [5, 5.41) is 11.6. The first-order valence-corrected chi connectivity index (χ1v) is 6.50. The number of halogens is 4. The summed E-state index contributed by atoms with van der Waals surface area (Å²) in [6, 6.07) is 7.62. The van der Waals surface area contributed by atoms with Crippen molar-refractivity contribution in [1.29, 1.82) is 0 Å². The Bertz CT molecular complexity index is 650. The van der Waals surface area contributed by atoms with Gasteiger partial charge in [-0.2, -0.15) is 0 Å². The topological polar surface area (TPSA) is 43.1 Å². The number of nitrogens with zero attached hydrogens (tertiary/aromatic N) is 1. The predicted octanol–water partition coefficient (Wildman–Crippen LogP) is 5.88. The summed E-state index contributed by atoms with van der Waals surface area (Å²) < 4.78 is 0. The van der Waals surface area contributed by atoms with Crippen molar-refractivity contribution in [1.82, 2.24) is 0 Å². The lowest BCUT2D eigenvalue weighted by molar-refractivity contribution is -0.384. The maximum atomic E-state index is 10.7. The van der Waals surface area contributed by atoms with Crippen LogP contribution < -0.4 is 0 Å². The fourth-order valence-electron chi connectivity index (χ4n) is 1.56. The minimum Gasteiger partial charge on any atom is -0.258 e. The van der Waals surface area contributed by atoms with Crippen molar-refractivity contribution in [2.24, 2.45) is 0 Å². The Morgan fingerprint density at radius 2 is 1.37 bits per heavy atom. The van der Waals surface area contributed by atoms with E-state index in [2.05, 4.69) is 0 Å². The average molecular weight is 337 g/mol. The van der Waals surface area contributed by atoms with E-state index in [-0.39, 0.29) is 15.7 Å². The highest BCUT2D eigenvalue weighted by molar-refractivity contribution is 6.48. The van der Waals surface area contributed by atoms with Crippen LogP contribution in [0.5, 0.6) is 0 Å². The van der Waals surface area contributed by atoms with Gasteiger partial charge in [0.15, 0.2) is 0 Å². The number of hydrogen-bond acceptors (Lipinski definition) is 2. The first-order valence-electron chi connectivity index (χ1n) is 4.99. The zero-order valence-corrected chi connectivity index (χ0v) is 12.2. The summed E-state index contributed by atoms with van der Waals surface area (Å²) in [5.74, 6) is 0. The van der Waals surface area contributed by atoms with E-state index < -0.39 is 4.92 Å². The zero-order chi connectivity index (χ0) is 14.2. The van der Waals surface area contributed by atoms with Crippen molar-refractivity contribution in [3.63, 3.8) is 0 Å². The van der Waals surface area contributed by atoms with Crippen LogP contribution in [0.4, 0.5) is 5.69 Å². The molecule has 0 fully saturated rings. The van der Waals surface area contributed by atoms with Crippen LogP contribution in [0.15, 0.2) is 30.3 Å². The monoisotopic (exact) mass is 335 g/mol. The molecule has 0 saturated heterocycles. The van der Waals surface area contributed by atoms with E-state index in [4.69, 9.17) is 46.4 Å². The molecule has 0 radical (unpaired) electrons. The highest BCUT2D eigenvalue weighted by Crippen LogP contribution is 2.37. The molecule has 2 aromatic rings. The standard InChI is InChI=1S/C12H5Cl4NO2/c13-8-3-6(1-2-11(8)17(18)19)7-4-9(14)12(16)10(15)5-7/h1-5H. The van der Waals surface area contributed by atoms with E-state index in [0.29, 0.717) is 21.2 Å². The van der Waals surface area contributed by atoms with E-state index in [0.717, 1.165) is 0 Å². The maximum Gasteiger partial charge on any atom is 0.287 e. The molecule has 0 N–H and O–H groups in total. The molecule has 0 aliphatic heterocycles. The molecule has 0 bridgehead atoms. The summed E-state index contributed by atoms with van der Waals surface area (Å²) in [4.78, 5) is 10.1. The van der Waals surface area contributed by atoms with Crippen LogP contribution in [0.2, 0.25) is 20.1 Å². The van der Waals surface area contributed by atoms with Crippen molar-refractivity contribution < 1.29 is 4.92 Å². The number of hydrogen-bond donors (Lipinski definition) is 0. The Labute approximate surface area is 128 Å². The molecule has 0 saturated carbocycles. The molecule has 0 aromatic heterocycles. The number of rotatable bonds is 2. The summed E-state index contributed by atoms with van der Waals surface area (Å²) in [5.41, 5.74) is 1.18. The molecule has 19 heavy (non-hydrogen) atoms. The second-order valence-corrected chi connectivity index (χ2v) is 5.28. The van der Waals surface area contributed by atoms with Crippen LogP contribution in [-0.2, 0) is 0 Å². The van der Waals surface area contributed by atoms with E-state index in [1.165, 1.54) is 12.1 Å². The Morgan fingerprint density at radius 1 is 0.842 bits per heavy atom. The lowest BCUT2D eigenvalue weighted by atomic mass is 10.1. The van der Waals surface area contributed by atoms with E-state index in [1.807, 2.05) is 0 Å². The van der Waals surface area contributed by atoms with Crippen molar-refractivity contribution in [2.45, 2.75) is 0 Å². The average Bonchev–Trinajstić information content (AvgIpc) is 2.34. The fourth-order valence-corrected chi connectivity index (χ4v) is 2.40. The van der Waals surface area contributed by atoms with Gasteiger partial charge in [-0.15, -0.1) is 0 Å². The van der Waals surface area contributed by atoms with Gasteiger partial charge in [-0.3, -0.25) is 10.1 Å². The number of nitro benzene ring substituents is 1. The summed E-state index contributed by atoms with van der Waals surface area (Å²) >= 11 is 23.6. The van der Waals surface area contributed by atoms with Gasteiger partial charge >= 0.3 is 0 Å². The van der Waals surface area contributed by atoms with Gasteiger partial charge in [0.25, 0.3) is 5.69 Å². The highest BCUT2D eigenvalue weighted by atomic mass is 35.5. The minimum atomic E-state index is -0.548. The highest BCUT2D eigenvalue weighted by Gasteiger charge is 2.14. The van der Waals surface area contributed by atoms with Gasteiger partial charge in [-0.25, -0.2) is 0 Å². The molecule has 0 aliphatic rings. The van der Waals surface area contributed by atoms with Gasteiger partial charge in [-0.05, 0) is 35.4 Å². The van der Waals surface area contributed by atoms with Crippen molar-refractivity contribution >= 4 is 52.1 Å². The molecule has 0 atom stereocenters. The van der Waals surface area contributed by atoms with E-state index >= 15 is 0 Å². The summed E-state index contributed by atoms with van der Waals surface area (Å²) in [7, 11) is 0. The molecular weight excluding hydrogens is 332 g/mol. The third-order valence-corrected chi connectivity index (χ3v) is 3.96. The second-order valence-electron chi connectivity index (χ2n) is 3.68. The third-order valence-electron chi connectivity index (χ3n) is 2.46. The van der Waals surface area contributed by atoms with Crippen LogP contribution in [0, 0.1) is 10.1 Å².